The van der Waals surface area contributed by atoms with E-state index < -0.39 is 0 Å². The first-order valence-corrected chi connectivity index (χ1v) is 6.66. The number of methoxy groups -OCH3 is 1. The standard InChI is InChI=1S/C14H16ClN3O2/c1-3-18-13(12(15)9-17-18)14(19)16-8-10-4-6-11(20-2)7-5-10/h4-7,9H,3,8H2,1-2H3,(H,16,19). The molecule has 0 aliphatic carbocycles. The summed E-state index contributed by atoms with van der Waals surface area (Å²) < 4.78 is 6.66. The van der Waals surface area contributed by atoms with Crippen LogP contribution in [0.25, 0.3) is 0 Å². The number of rotatable bonds is 5. The monoisotopic (exact) mass is 293 g/mol. The number of hydrogen-bond donors (Lipinski definition) is 1. The predicted octanol–water partition coefficient (Wildman–Crippen LogP) is 2.50. The smallest absolute Gasteiger partial charge is 0.271 e. The first-order chi connectivity index (χ1) is 9.65. The lowest BCUT2D eigenvalue weighted by molar-refractivity contribution is 0.0940. The Hall–Kier alpha value is -2.01. The maximum atomic E-state index is 12.1. The van der Waals surface area contributed by atoms with Gasteiger partial charge in [0.05, 0.1) is 18.3 Å². The van der Waals surface area contributed by atoms with Crippen molar-refractivity contribution in [2.45, 2.75) is 20.0 Å². The minimum Gasteiger partial charge on any atom is -0.497 e. The molecule has 106 valence electrons. The summed E-state index contributed by atoms with van der Waals surface area (Å²) >= 11 is 5.98. The molecule has 0 saturated carbocycles. The fraction of sp³-hybridized carbons (Fsp3) is 0.286. The number of nitrogens with zero attached hydrogens (tertiary/aromatic N) is 2. The average Bonchev–Trinajstić information content (AvgIpc) is 2.86. The molecule has 0 radical (unpaired) electrons. The summed E-state index contributed by atoms with van der Waals surface area (Å²) in [5, 5.41) is 7.23. The van der Waals surface area contributed by atoms with E-state index in [2.05, 4.69) is 10.4 Å². The van der Waals surface area contributed by atoms with Crippen LogP contribution in [0.1, 0.15) is 23.0 Å². The number of halogens is 1. The molecule has 0 fully saturated rings. The van der Waals surface area contributed by atoms with Crippen LogP contribution in [0.5, 0.6) is 5.75 Å². The van der Waals surface area contributed by atoms with E-state index in [1.807, 2.05) is 31.2 Å². The van der Waals surface area contributed by atoms with E-state index in [-0.39, 0.29) is 5.91 Å². The highest BCUT2D eigenvalue weighted by molar-refractivity contribution is 6.33. The van der Waals surface area contributed by atoms with Crippen LogP contribution in [0, 0.1) is 0 Å². The van der Waals surface area contributed by atoms with Crippen molar-refractivity contribution in [2.24, 2.45) is 0 Å². The molecule has 1 heterocycles. The number of nitrogens with one attached hydrogen (secondary N) is 1. The van der Waals surface area contributed by atoms with E-state index in [9.17, 15) is 4.79 Å². The van der Waals surface area contributed by atoms with Crippen LogP contribution >= 0.6 is 11.6 Å². The Morgan fingerprint density at radius 3 is 2.70 bits per heavy atom. The zero-order chi connectivity index (χ0) is 14.5. The molecule has 1 N–H and O–H groups in total. The fourth-order valence-electron chi connectivity index (χ4n) is 1.84. The number of benzene rings is 1. The maximum Gasteiger partial charge on any atom is 0.271 e. The largest absolute Gasteiger partial charge is 0.497 e. The van der Waals surface area contributed by atoms with Gasteiger partial charge in [0, 0.05) is 13.1 Å². The zero-order valence-corrected chi connectivity index (χ0v) is 12.1. The van der Waals surface area contributed by atoms with Gasteiger partial charge in [0.1, 0.15) is 11.4 Å². The van der Waals surface area contributed by atoms with Gasteiger partial charge in [0.15, 0.2) is 0 Å². The van der Waals surface area contributed by atoms with E-state index in [1.54, 1.807) is 11.8 Å². The van der Waals surface area contributed by atoms with Crippen molar-refractivity contribution >= 4 is 17.5 Å². The van der Waals surface area contributed by atoms with Crippen LogP contribution in [0.15, 0.2) is 30.5 Å². The van der Waals surface area contributed by atoms with E-state index >= 15 is 0 Å². The minimum absolute atomic E-state index is 0.231. The quantitative estimate of drug-likeness (QED) is 0.921. The van der Waals surface area contributed by atoms with E-state index in [0.717, 1.165) is 11.3 Å². The van der Waals surface area contributed by atoms with Crippen molar-refractivity contribution < 1.29 is 9.53 Å². The molecule has 1 amide bonds. The van der Waals surface area contributed by atoms with Gasteiger partial charge in [0.25, 0.3) is 5.91 Å². The second-order valence-electron chi connectivity index (χ2n) is 4.19. The van der Waals surface area contributed by atoms with Gasteiger partial charge in [-0.2, -0.15) is 5.10 Å². The van der Waals surface area contributed by atoms with Crippen molar-refractivity contribution in [1.82, 2.24) is 15.1 Å². The molecule has 20 heavy (non-hydrogen) atoms. The third-order valence-corrected chi connectivity index (χ3v) is 3.20. The van der Waals surface area contributed by atoms with Crippen LogP contribution in [0.2, 0.25) is 5.02 Å². The van der Waals surface area contributed by atoms with Gasteiger partial charge in [-0.15, -0.1) is 0 Å². The number of carbonyl (C=O) groups excluding carboxylic acids is 1. The molecule has 0 bridgehead atoms. The molecule has 1 aromatic heterocycles. The number of aryl methyl sites for hydroxylation is 1. The van der Waals surface area contributed by atoms with Gasteiger partial charge in [0.2, 0.25) is 0 Å². The summed E-state index contributed by atoms with van der Waals surface area (Å²) in [6.07, 6.45) is 1.48. The topological polar surface area (TPSA) is 56.2 Å². The van der Waals surface area contributed by atoms with Gasteiger partial charge >= 0.3 is 0 Å². The van der Waals surface area contributed by atoms with Crippen LogP contribution in [0.4, 0.5) is 0 Å². The van der Waals surface area contributed by atoms with E-state index in [0.29, 0.717) is 23.8 Å². The third-order valence-electron chi connectivity index (χ3n) is 2.92. The molecular weight excluding hydrogens is 278 g/mol. The highest BCUT2D eigenvalue weighted by Gasteiger charge is 2.16. The molecule has 0 spiro atoms. The summed E-state index contributed by atoms with van der Waals surface area (Å²) in [6.45, 7) is 2.93. The first kappa shape index (κ1) is 14.4. The Morgan fingerprint density at radius 2 is 2.10 bits per heavy atom. The number of hydrogen-bond acceptors (Lipinski definition) is 3. The summed E-state index contributed by atoms with van der Waals surface area (Å²) in [5.41, 5.74) is 1.38. The highest BCUT2D eigenvalue weighted by Crippen LogP contribution is 2.15. The molecule has 2 aromatic rings. The number of ether oxygens (including phenoxy) is 1. The fourth-order valence-corrected chi connectivity index (χ4v) is 2.06. The first-order valence-electron chi connectivity index (χ1n) is 6.28. The second-order valence-corrected chi connectivity index (χ2v) is 4.59. The summed E-state index contributed by atoms with van der Waals surface area (Å²) in [7, 11) is 1.62. The SMILES string of the molecule is CCn1ncc(Cl)c1C(=O)NCc1ccc(OC)cc1. The van der Waals surface area contributed by atoms with Crippen molar-refractivity contribution in [2.75, 3.05) is 7.11 Å². The lowest BCUT2D eigenvalue weighted by Gasteiger charge is -2.08. The average molecular weight is 294 g/mol. The maximum absolute atomic E-state index is 12.1. The van der Waals surface area contributed by atoms with Crippen molar-refractivity contribution in [3.05, 3.63) is 46.7 Å². The molecule has 5 nitrogen and oxygen atoms in total. The molecule has 2 rings (SSSR count). The zero-order valence-electron chi connectivity index (χ0n) is 11.4. The normalized spacial score (nSPS) is 10.3. The molecule has 0 unspecified atom stereocenters. The van der Waals surface area contributed by atoms with Gasteiger partial charge in [-0.25, -0.2) is 0 Å². The van der Waals surface area contributed by atoms with Crippen LogP contribution in [-0.2, 0) is 13.1 Å². The molecular formula is C14H16ClN3O2. The molecule has 6 heteroatoms. The number of amides is 1. The summed E-state index contributed by atoms with van der Waals surface area (Å²) in [5.74, 6) is 0.553. The Morgan fingerprint density at radius 1 is 1.40 bits per heavy atom. The lowest BCUT2D eigenvalue weighted by Crippen LogP contribution is -2.26. The van der Waals surface area contributed by atoms with E-state index in [4.69, 9.17) is 16.3 Å². The van der Waals surface area contributed by atoms with Gasteiger partial charge in [-0.05, 0) is 24.6 Å². The third kappa shape index (κ3) is 3.11. The predicted molar refractivity (Wildman–Crippen MR) is 77.1 cm³/mol. The van der Waals surface area contributed by atoms with Crippen LogP contribution in [-0.4, -0.2) is 22.8 Å². The van der Waals surface area contributed by atoms with Gasteiger partial charge < -0.3 is 10.1 Å². The van der Waals surface area contributed by atoms with Crippen molar-refractivity contribution in [1.29, 1.82) is 0 Å². The van der Waals surface area contributed by atoms with Crippen molar-refractivity contribution in [3.63, 3.8) is 0 Å². The summed E-state index contributed by atoms with van der Waals surface area (Å²) in [6, 6.07) is 7.51. The number of carbonyl (C=O) groups is 1. The number of aromatic nitrogens is 2. The van der Waals surface area contributed by atoms with Crippen LogP contribution in [0.3, 0.4) is 0 Å². The van der Waals surface area contributed by atoms with Crippen molar-refractivity contribution in [3.8, 4) is 5.75 Å². The van der Waals surface area contributed by atoms with Crippen LogP contribution < -0.4 is 10.1 Å². The Kier molecular flexibility index (Phi) is 4.63. The summed E-state index contributed by atoms with van der Waals surface area (Å²) in [4.78, 5) is 12.1. The molecule has 0 aliphatic rings. The molecule has 1 aromatic carbocycles. The van der Waals surface area contributed by atoms with E-state index in [1.165, 1.54) is 6.20 Å². The Labute approximate surface area is 122 Å². The lowest BCUT2D eigenvalue weighted by atomic mass is 10.2. The molecule has 0 aliphatic heterocycles. The van der Waals surface area contributed by atoms with Gasteiger partial charge in [-0.1, -0.05) is 23.7 Å². The molecule has 0 atom stereocenters. The van der Waals surface area contributed by atoms with Gasteiger partial charge in [-0.3, -0.25) is 9.48 Å². The minimum atomic E-state index is -0.231. The Bertz CT molecular complexity index is 593. The Balaban J connectivity index is 2.02. The highest BCUT2D eigenvalue weighted by atomic mass is 35.5. The molecule has 0 saturated heterocycles. The second kappa shape index (κ2) is 6.43.